The van der Waals surface area contributed by atoms with Crippen LogP contribution in [0.25, 0.3) is 0 Å². The van der Waals surface area contributed by atoms with Crippen LogP contribution >= 0.6 is 15.9 Å². The van der Waals surface area contributed by atoms with Crippen molar-refractivity contribution >= 4 is 28.0 Å². The van der Waals surface area contributed by atoms with Gasteiger partial charge in [0.15, 0.2) is 0 Å². The van der Waals surface area contributed by atoms with Crippen LogP contribution in [-0.2, 0) is 20.7 Å². The number of rotatable bonds is 4. The average Bonchev–Trinajstić information content (AvgIpc) is 2.44. The number of nitrogens with one attached hydrogen (secondary N) is 1. The number of alkyl carbamates (subject to hydrolysis) is 1. The number of esters is 1. The molecule has 7 heteroatoms. The Balaban J connectivity index is 2.94. The molecule has 0 unspecified atom stereocenters. The van der Waals surface area contributed by atoms with Crippen LogP contribution in [0.5, 0.6) is 5.75 Å². The minimum Gasteiger partial charge on any atom is -0.506 e. The Morgan fingerprint density at radius 2 is 1.96 bits per heavy atom. The van der Waals surface area contributed by atoms with E-state index < -0.39 is 23.7 Å². The van der Waals surface area contributed by atoms with Crippen LogP contribution < -0.4 is 5.32 Å². The average molecular weight is 388 g/mol. The molecule has 23 heavy (non-hydrogen) atoms. The van der Waals surface area contributed by atoms with Gasteiger partial charge < -0.3 is 19.9 Å². The van der Waals surface area contributed by atoms with E-state index in [0.717, 1.165) is 5.56 Å². The number of phenols is 1. The smallest absolute Gasteiger partial charge is 0.408 e. The van der Waals surface area contributed by atoms with Crippen molar-refractivity contribution in [2.75, 3.05) is 7.11 Å². The maximum atomic E-state index is 11.9. The summed E-state index contributed by atoms with van der Waals surface area (Å²) < 4.78 is 10.4. The molecule has 0 aromatic heterocycles. The highest BCUT2D eigenvalue weighted by molar-refractivity contribution is 9.10. The van der Waals surface area contributed by atoms with Gasteiger partial charge in [0.1, 0.15) is 17.4 Å². The number of amides is 1. The summed E-state index contributed by atoms with van der Waals surface area (Å²) in [6.45, 7) is 7.01. The minimum atomic E-state index is -0.963. The first-order chi connectivity index (χ1) is 10.5. The first kappa shape index (κ1) is 19.3. The SMILES string of the molecule is COC(=O)[C@H](Cc1ccc(C)c(Br)c1O)NC(=O)OC(C)(C)C. The second-order valence-electron chi connectivity index (χ2n) is 6.13. The summed E-state index contributed by atoms with van der Waals surface area (Å²) in [5.41, 5.74) is 0.690. The topological polar surface area (TPSA) is 84.9 Å². The maximum Gasteiger partial charge on any atom is 0.408 e. The van der Waals surface area contributed by atoms with Gasteiger partial charge in [0.05, 0.1) is 11.6 Å². The molecular weight excluding hydrogens is 366 g/mol. The predicted octanol–water partition coefficient (Wildman–Crippen LogP) is 3.07. The molecule has 1 amide bonds. The second-order valence-corrected chi connectivity index (χ2v) is 6.92. The molecule has 0 aliphatic heterocycles. The van der Waals surface area contributed by atoms with Gasteiger partial charge in [-0.3, -0.25) is 0 Å². The summed E-state index contributed by atoms with van der Waals surface area (Å²) in [7, 11) is 1.23. The Morgan fingerprint density at radius 3 is 2.48 bits per heavy atom. The molecule has 0 aliphatic carbocycles. The molecule has 128 valence electrons. The van der Waals surface area contributed by atoms with E-state index in [1.807, 2.05) is 6.92 Å². The Morgan fingerprint density at radius 1 is 1.35 bits per heavy atom. The van der Waals surface area contributed by atoms with E-state index >= 15 is 0 Å². The summed E-state index contributed by atoms with van der Waals surface area (Å²) in [6, 6.07) is 2.54. The number of methoxy groups -OCH3 is 1. The van der Waals surface area contributed by atoms with Gasteiger partial charge in [-0.1, -0.05) is 12.1 Å². The van der Waals surface area contributed by atoms with Gasteiger partial charge in [0.25, 0.3) is 0 Å². The number of hydrogen-bond donors (Lipinski definition) is 2. The lowest BCUT2D eigenvalue weighted by atomic mass is 10.0. The molecule has 1 atom stereocenters. The van der Waals surface area contributed by atoms with Crippen LogP contribution in [-0.4, -0.2) is 35.9 Å². The predicted molar refractivity (Wildman–Crippen MR) is 89.4 cm³/mol. The monoisotopic (exact) mass is 387 g/mol. The van der Waals surface area contributed by atoms with E-state index in [9.17, 15) is 14.7 Å². The van der Waals surface area contributed by atoms with Crippen molar-refractivity contribution in [2.24, 2.45) is 0 Å². The van der Waals surface area contributed by atoms with E-state index in [1.54, 1.807) is 32.9 Å². The molecule has 2 N–H and O–H groups in total. The Hall–Kier alpha value is -1.76. The van der Waals surface area contributed by atoms with E-state index in [1.165, 1.54) is 7.11 Å². The first-order valence-electron chi connectivity index (χ1n) is 7.09. The van der Waals surface area contributed by atoms with Crippen molar-refractivity contribution in [3.63, 3.8) is 0 Å². The van der Waals surface area contributed by atoms with Crippen LogP contribution in [0.1, 0.15) is 31.9 Å². The highest BCUT2D eigenvalue weighted by atomic mass is 79.9. The fourth-order valence-corrected chi connectivity index (χ4v) is 2.26. The summed E-state index contributed by atoms with van der Waals surface area (Å²) in [6.07, 6.45) is -0.644. The molecular formula is C16H22BrNO5. The van der Waals surface area contributed by atoms with Crippen molar-refractivity contribution in [3.8, 4) is 5.75 Å². The molecule has 0 aliphatic rings. The molecule has 0 saturated heterocycles. The number of hydrogen-bond acceptors (Lipinski definition) is 5. The van der Waals surface area contributed by atoms with Crippen molar-refractivity contribution in [1.29, 1.82) is 0 Å². The van der Waals surface area contributed by atoms with Gasteiger partial charge in [0, 0.05) is 6.42 Å². The van der Waals surface area contributed by atoms with Crippen LogP contribution in [0.4, 0.5) is 4.79 Å². The van der Waals surface area contributed by atoms with E-state index in [4.69, 9.17) is 9.47 Å². The lowest BCUT2D eigenvalue weighted by Crippen LogP contribution is -2.45. The van der Waals surface area contributed by atoms with Crippen LogP contribution in [0.15, 0.2) is 16.6 Å². The fourth-order valence-electron chi connectivity index (χ4n) is 1.88. The molecule has 0 spiro atoms. The third-order valence-corrected chi connectivity index (χ3v) is 3.99. The normalized spacial score (nSPS) is 12.4. The van der Waals surface area contributed by atoms with Crippen molar-refractivity contribution < 1.29 is 24.2 Å². The number of aryl methyl sites for hydroxylation is 1. The zero-order valence-corrected chi connectivity index (χ0v) is 15.5. The molecule has 1 aromatic rings. The number of aromatic hydroxyl groups is 1. The number of phenolic OH excluding ortho intramolecular Hbond substituents is 1. The molecule has 1 aromatic carbocycles. The zero-order chi connectivity index (χ0) is 17.8. The van der Waals surface area contributed by atoms with Gasteiger partial charge in [0.2, 0.25) is 0 Å². The van der Waals surface area contributed by atoms with Gasteiger partial charge in [-0.05, 0) is 54.8 Å². The van der Waals surface area contributed by atoms with Crippen molar-refractivity contribution in [1.82, 2.24) is 5.32 Å². The first-order valence-corrected chi connectivity index (χ1v) is 7.88. The van der Waals surface area contributed by atoms with E-state index in [-0.39, 0.29) is 12.2 Å². The quantitative estimate of drug-likeness (QED) is 0.775. The van der Waals surface area contributed by atoms with Crippen molar-refractivity contribution in [3.05, 3.63) is 27.7 Å². The summed E-state index contributed by atoms with van der Waals surface area (Å²) >= 11 is 3.29. The van der Waals surface area contributed by atoms with Crippen LogP contribution in [0.2, 0.25) is 0 Å². The van der Waals surface area contributed by atoms with Gasteiger partial charge >= 0.3 is 12.1 Å². The molecule has 0 fully saturated rings. The lowest BCUT2D eigenvalue weighted by molar-refractivity contribution is -0.143. The summed E-state index contributed by atoms with van der Waals surface area (Å²) in [4.78, 5) is 23.8. The maximum absolute atomic E-state index is 11.9. The number of carbonyl (C=O) groups is 2. The molecule has 1 rings (SSSR count). The number of benzene rings is 1. The highest BCUT2D eigenvalue weighted by Gasteiger charge is 2.26. The molecule has 0 heterocycles. The van der Waals surface area contributed by atoms with Gasteiger partial charge in [-0.2, -0.15) is 0 Å². The third kappa shape index (κ3) is 5.74. The zero-order valence-electron chi connectivity index (χ0n) is 13.9. The standard InChI is InChI=1S/C16H22BrNO5/c1-9-6-7-10(13(19)12(9)17)8-11(14(20)22-5)18-15(21)23-16(2,3)4/h6-7,11,19H,8H2,1-5H3,(H,18,21)/t11-/m0/s1. The largest absolute Gasteiger partial charge is 0.506 e. The van der Waals surface area contributed by atoms with Crippen LogP contribution in [0, 0.1) is 6.92 Å². The Kier molecular flexibility index (Phi) is 6.44. The van der Waals surface area contributed by atoms with Gasteiger partial charge in [-0.15, -0.1) is 0 Å². The molecule has 0 bridgehead atoms. The molecule has 0 radical (unpaired) electrons. The molecule has 0 saturated carbocycles. The summed E-state index contributed by atoms with van der Waals surface area (Å²) in [5.74, 6) is -0.586. The highest BCUT2D eigenvalue weighted by Crippen LogP contribution is 2.31. The molecule has 6 nitrogen and oxygen atoms in total. The number of halogens is 1. The lowest BCUT2D eigenvalue weighted by Gasteiger charge is -2.23. The Bertz CT molecular complexity index is 595. The van der Waals surface area contributed by atoms with E-state index in [0.29, 0.717) is 10.0 Å². The second kappa shape index (κ2) is 7.68. The van der Waals surface area contributed by atoms with Crippen molar-refractivity contribution in [2.45, 2.75) is 45.8 Å². The van der Waals surface area contributed by atoms with Crippen LogP contribution in [0.3, 0.4) is 0 Å². The number of carbonyl (C=O) groups excluding carboxylic acids is 2. The van der Waals surface area contributed by atoms with E-state index in [2.05, 4.69) is 21.2 Å². The minimum absolute atomic E-state index is 0.0323. The van der Waals surface area contributed by atoms with Gasteiger partial charge in [-0.25, -0.2) is 9.59 Å². The number of ether oxygens (including phenoxy) is 2. The third-order valence-electron chi connectivity index (χ3n) is 2.99. The Labute approximate surface area is 144 Å². The fraction of sp³-hybridized carbons (Fsp3) is 0.500. The summed E-state index contributed by atoms with van der Waals surface area (Å²) in [5, 5.41) is 12.6.